The normalized spacial score (nSPS) is 13.0. The molecule has 0 radical (unpaired) electrons. The monoisotopic (exact) mass is 377 g/mol. The molecule has 0 atom stereocenters. The molecule has 0 fully saturated rings. The first-order valence-electron chi connectivity index (χ1n) is 7.95. The number of aromatic nitrogens is 1. The molecule has 2 heterocycles. The molecular formula is C17H19N3O5S. The van der Waals surface area contributed by atoms with E-state index in [1.807, 2.05) is 0 Å². The minimum absolute atomic E-state index is 0.138. The van der Waals surface area contributed by atoms with Crippen LogP contribution in [0.2, 0.25) is 0 Å². The van der Waals surface area contributed by atoms with Crippen LogP contribution in [0.5, 0.6) is 11.5 Å². The Balaban J connectivity index is 1.58. The van der Waals surface area contributed by atoms with Gasteiger partial charge in [0.05, 0.1) is 6.26 Å². The highest BCUT2D eigenvalue weighted by atomic mass is 32.2. The summed E-state index contributed by atoms with van der Waals surface area (Å²) in [6.45, 7) is 0.711. The lowest BCUT2D eigenvalue weighted by Gasteiger charge is -2.20. The van der Waals surface area contributed by atoms with Crippen molar-refractivity contribution in [2.24, 2.45) is 0 Å². The molecule has 1 aliphatic rings. The van der Waals surface area contributed by atoms with Gasteiger partial charge in [0.25, 0.3) is 5.91 Å². The van der Waals surface area contributed by atoms with Gasteiger partial charge in [-0.05, 0) is 35.9 Å². The van der Waals surface area contributed by atoms with Gasteiger partial charge < -0.3 is 14.8 Å². The number of ether oxygens (including phenoxy) is 2. The third kappa shape index (κ3) is 4.50. The molecule has 0 unspecified atom stereocenters. The summed E-state index contributed by atoms with van der Waals surface area (Å²) in [5.74, 6) is 0.816. The van der Waals surface area contributed by atoms with Crippen LogP contribution in [-0.2, 0) is 16.6 Å². The van der Waals surface area contributed by atoms with Crippen molar-refractivity contribution in [3.8, 4) is 11.5 Å². The van der Waals surface area contributed by atoms with Crippen LogP contribution >= 0.6 is 0 Å². The summed E-state index contributed by atoms with van der Waals surface area (Å²) in [4.78, 5) is 16.2. The van der Waals surface area contributed by atoms with Crippen LogP contribution < -0.4 is 14.8 Å². The van der Waals surface area contributed by atoms with E-state index < -0.39 is 10.0 Å². The molecule has 2 aromatic rings. The number of rotatable bonds is 7. The molecule has 3 rings (SSSR count). The number of carbonyl (C=O) groups is 1. The Kier molecular flexibility index (Phi) is 5.38. The second kappa shape index (κ2) is 7.71. The Bertz CT molecular complexity index is 887. The summed E-state index contributed by atoms with van der Waals surface area (Å²) in [5.41, 5.74) is 1.25. The molecule has 1 aromatic carbocycles. The van der Waals surface area contributed by atoms with Gasteiger partial charge in [0.15, 0.2) is 11.5 Å². The first-order chi connectivity index (χ1) is 12.4. The molecule has 0 aliphatic carbocycles. The van der Waals surface area contributed by atoms with E-state index >= 15 is 0 Å². The lowest BCUT2D eigenvalue weighted by Crippen LogP contribution is -2.37. The van der Waals surface area contributed by atoms with Crippen LogP contribution in [0.15, 0.2) is 42.7 Å². The molecule has 1 aliphatic heterocycles. The average molecular weight is 377 g/mol. The Labute approximate surface area is 151 Å². The van der Waals surface area contributed by atoms with Crippen LogP contribution in [0.4, 0.5) is 0 Å². The topological polar surface area (TPSA) is 97.8 Å². The largest absolute Gasteiger partial charge is 0.454 e. The lowest BCUT2D eigenvalue weighted by atomic mass is 10.2. The smallest absolute Gasteiger partial charge is 0.251 e. The standard InChI is InChI=1S/C17H19N3O5S/c1-26(22,23)20(11-13-4-6-18-7-5-13)9-8-19-17(21)14-2-3-15-16(10-14)25-12-24-15/h2-7,10H,8-9,11-12H2,1H3,(H,19,21). The summed E-state index contributed by atoms with van der Waals surface area (Å²) in [7, 11) is -3.41. The Morgan fingerprint density at radius 2 is 1.92 bits per heavy atom. The molecule has 0 bridgehead atoms. The van der Waals surface area contributed by atoms with Crippen molar-refractivity contribution in [1.82, 2.24) is 14.6 Å². The van der Waals surface area contributed by atoms with E-state index in [0.29, 0.717) is 17.1 Å². The van der Waals surface area contributed by atoms with Crippen molar-refractivity contribution in [3.63, 3.8) is 0 Å². The van der Waals surface area contributed by atoms with E-state index in [0.717, 1.165) is 11.8 Å². The zero-order valence-electron chi connectivity index (χ0n) is 14.2. The fourth-order valence-corrected chi connectivity index (χ4v) is 3.29. The van der Waals surface area contributed by atoms with E-state index in [4.69, 9.17) is 9.47 Å². The second-order valence-corrected chi connectivity index (χ2v) is 7.76. The van der Waals surface area contributed by atoms with E-state index in [1.54, 1.807) is 42.7 Å². The predicted octanol–water partition coefficient (Wildman–Crippen LogP) is 1.00. The molecule has 0 spiro atoms. The number of amides is 1. The van der Waals surface area contributed by atoms with Crippen molar-refractivity contribution >= 4 is 15.9 Å². The third-order valence-electron chi connectivity index (χ3n) is 3.86. The Hall–Kier alpha value is -2.65. The maximum absolute atomic E-state index is 12.3. The quantitative estimate of drug-likeness (QED) is 0.773. The molecule has 8 nitrogen and oxygen atoms in total. The number of nitrogens with one attached hydrogen (secondary N) is 1. The summed E-state index contributed by atoms with van der Waals surface area (Å²) < 4.78 is 35.7. The molecule has 138 valence electrons. The minimum atomic E-state index is -3.41. The van der Waals surface area contributed by atoms with Crippen LogP contribution in [0.3, 0.4) is 0 Å². The maximum atomic E-state index is 12.3. The number of nitrogens with zero attached hydrogens (tertiary/aromatic N) is 2. The molecule has 0 saturated heterocycles. The fraction of sp³-hybridized carbons (Fsp3) is 0.294. The maximum Gasteiger partial charge on any atom is 0.251 e. The van der Waals surface area contributed by atoms with Gasteiger partial charge in [-0.2, -0.15) is 4.31 Å². The molecule has 26 heavy (non-hydrogen) atoms. The average Bonchev–Trinajstić information content (AvgIpc) is 3.08. The second-order valence-electron chi connectivity index (χ2n) is 5.78. The highest BCUT2D eigenvalue weighted by Crippen LogP contribution is 2.32. The van der Waals surface area contributed by atoms with Crippen molar-refractivity contribution in [1.29, 1.82) is 0 Å². The van der Waals surface area contributed by atoms with Crippen molar-refractivity contribution in [2.75, 3.05) is 26.1 Å². The van der Waals surface area contributed by atoms with Gasteiger partial charge in [-0.25, -0.2) is 8.42 Å². The Morgan fingerprint density at radius 1 is 1.19 bits per heavy atom. The van der Waals surface area contributed by atoms with Gasteiger partial charge in [-0.1, -0.05) is 0 Å². The van der Waals surface area contributed by atoms with Crippen LogP contribution in [0.25, 0.3) is 0 Å². The molecule has 9 heteroatoms. The predicted molar refractivity (Wildman–Crippen MR) is 94.4 cm³/mol. The molecule has 1 amide bonds. The highest BCUT2D eigenvalue weighted by Gasteiger charge is 2.19. The first-order valence-corrected chi connectivity index (χ1v) is 9.80. The van der Waals surface area contributed by atoms with Crippen LogP contribution in [-0.4, -0.2) is 49.8 Å². The van der Waals surface area contributed by atoms with E-state index in [2.05, 4.69) is 10.3 Å². The molecule has 0 saturated carbocycles. The minimum Gasteiger partial charge on any atom is -0.454 e. The van der Waals surface area contributed by atoms with Crippen molar-refractivity contribution < 1.29 is 22.7 Å². The van der Waals surface area contributed by atoms with Crippen LogP contribution in [0.1, 0.15) is 15.9 Å². The number of fused-ring (bicyclic) bond motifs is 1. The summed E-state index contributed by atoms with van der Waals surface area (Å²) >= 11 is 0. The Morgan fingerprint density at radius 3 is 2.65 bits per heavy atom. The van der Waals surface area contributed by atoms with Gasteiger partial charge in [-0.3, -0.25) is 9.78 Å². The van der Waals surface area contributed by atoms with Gasteiger partial charge in [0, 0.05) is 37.6 Å². The SMILES string of the molecule is CS(=O)(=O)N(CCNC(=O)c1ccc2c(c1)OCO2)Cc1ccncc1. The molecule has 1 N–H and O–H groups in total. The van der Waals surface area contributed by atoms with E-state index in [9.17, 15) is 13.2 Å². The highest BCUT2D eigenvalue weighted by molar-refractivity contribution is 7.88. The summed E-state index contributed by atoms with van der Waals surface area (Å²) in [5, 5.41) is 2.72. The number of benzene rings is 1. The number of carbonyl (C=O) groups excluding carboxylic acids is 1. The fourth-order valence-electron chi connectivity index (χ4n) is 2.49. The lowest BCUT2D eigenvalue weighted by molar-refractivity contribution is 0.0951. The number of hydrogen-bond donors (Lipinski definition) is 1. The van der Waals surface area contributed by atoms with Gasteiger partial charge in [0.2, 0.25) is 16.8 Å². The van der Waals surface area contributed by atoms with Crippen molar-refractivity contribution in [3.05, 3.63) is 53.9 Å². The molecular weight excluding hydrogens is 358 g/mol. The van der Waals surface area contributed by atoms with Gasteiger partial charge in [-0.15, -0.1) is 0 Å². The summed E-state index contributed by atoms with van der Waals surface area (Å²) in [6, 6.07) is 8.41. The zero-order chi connectivity index (χ0) is 18.6. The summed E-state index contributed by atoms with van der Waals surface area (Å²) in [6.07, 6.45) is 4.36. The number of sulfonamides is 1. The van der Waals surface area contributed by atoms with Crippen molar-refractivity contribution in [2.45, 2.75) is 6.54 Å². The van der Waals surface area contributed by atoms with Gasteiger partial charge >= 0.3 is 0 Å². The number of hydrogen-bond acceptors (Lipinski definition) is 6. The van der Waals surface area contributed by atoms with Gasteiger partial charge in [0.1, 0.15) is 0 Å². The van der Waals surface area contributed by atoms with E-state index in [-0.39, 0.29) is 32.3 Å². The van der Waals surface area contributed by atoms with E-state index in [1.165, 1.54) is 4.31 Å². The zero-order valence-corrected chi connectivity index (χ0v) is 15.0. The number of pyridine rings is 1. The van der Waals surface area contributed by atoms with Crippen LogP contribution in [0, 0.1) is 0 Å². The third-order valence-corrected chi connectivity index (χ3v) is 5.11. The molecule has 1 aromatic heterocycles. The first kappa shape index (κ1) is 18.2.